The first-order chi connectivity index (χ1) is 12.4. The van der Waals surface area contributed by atoms with Crippen molar-refractivity contribution in [3.63, 3.8) is 0 Å². The van der Waals surface area contributed by atoms with E-state index in [2.05, 4.69) is 0 Å². The Balaban J connectivity index is 1.96. The van der Waals surface area contributed by atoms with Crippen molar-refractivity contribution in [2.75, 3.05) is 0 Å². The van der Waals surface area contributed by atoms with Crippen molar-refractivity contribution in [3.8, 4) is 5.75 Å². The highest BCUT2D eigenvalue weighted by Gasteiger charge is 2.17. The van der Waals surface area contributed by atoms with Crippen LogP contribution < -0.4 is 10.4 Å². The first-order valence-corrected chi connectivity index (χ1v) is 8.39. The van der Waals surface area contributed by atoms with Crippen LogP contribution in [-0.2, 0) is 17.8 Å². The quantitative estimate of drug-likeness (QED) is 0.677. The fourth-order valence-electron chi connectivity index (χ4n) is 2.82. The van der Waals surface area contributed by atoms with E-state index in [1.807, 2.05) is 12.1 Å². The molecule has 0 radical (unpaired) electrons. The summed E-state index contributed by atoms with van der Waals surface area (Å²) in [6, 6.07) is 10.9. The largest absolute Gasteiger partial charge is 0.488 e. The molecular formula is C20H17ClO5. The van der Waals surface area contributed by atoms with Gasteiger partial charge < -0.3 is 14.3 Å². The van der Waals surface area contributed by atoms with Crippen LogP contribution in [0.5, 0.6) is 5.75 Å². The van der Waals surface area contributed by atoms with E-state index in [1.54, 1.807) is 38.1 Å². The minimum atomic E-state index is -1.07. The van der Waals surface area contributed by atoms with Crippen molar-refractivity contribution in [2.45, 2.75) is 26.9 Å². The van der Waals surface area contributed by atoms with Gasteiger partial charge in [0.2, 0.25) is 0 Å². The lowest BCUT2D eigenvalue weighted by atomic mass is 10.0. The number of rotatable bonds is 5. The molecular weight excluding hydrogens is 356 g/mol. The van der Waals surface area contributed by atoms with E-state index in [4.69, 9.17) is 25.9 Å². The summed E-state index contributed by atoms with van der Waals surface area (Å²) in [5.74, 6) is -0.472. The highest BCUT2D eigenvalue weighted by atomic mass is 35.5. The molecule has 5 nitrogen and oxygen atoms in total. The summed E-state index contributed by atoms with van der Waals surface area (Å²) in [5.41, 5.74) is 2.22. The molecule has 3 rings (SSSR count). The lowest BCUT2D eigenvalue weighted by molar-refractivity contribution is -0.136. The number of carboxylic acids is 1. The third-order valence-electron chi connectivity index (χ3n) is 4.29. The predicted molar refractivity (Wildman–Crippen MR) is 99.1 cm³/mol. The van der Waals surface area contributed by atoms with Gasteiger partial charge >= 0.3 is 11.6 Å². The minimum absolute atomic E-state index is 0.166. The molecule has 3 aromatic rings. The van der Waals surface area contributed by atoms with E-state index in [0.29, 0.717) is 39.5 Å². The Bertz CT molecular complexity index is 1030. The van der Waals surface area contributed by atoms with E-state index in [0.717, 1.165) is 5.56 Å². The number of carboxylic acid groups (broad SMARTS) is 1. The van der Waals surface area contributed by atoms with Crippen molar-refractivity contribution in [2.24, 2.45) is 0 Å². The smallest absolute Gasteiger partial charge is 0.340 e. The van der Waals surface area contributed by atoms with Crippen LogP contribution in [0.25, 0.3) is 11.0 Å². The van der Waals surface area contributed by atoms with Gasteiger partial charge in [-0.3, -0.25) is 4.79 Å². The lowest BCUT2D eigenvalue weighted by Crippen LogP contribution is -2.15. The number of fused-ring (bicyclic) bond motifs is 1. The number of ether oxygens (including phenoxy) is 1. The van der Waals surface area contributed by atoms with Gasteiger partial charge in [0.05, 0.1) is 12.0 Å². The lowest BCUT2D eigenvalue weighted by Gasteiger charge is -2.13. The van der Waals surface area contributed by atoms with E-state index >= 15 is 0 Å². The number of hydrogen-bond donors (Lipinski definition) is 1. The van der Waals surface area contributed by atoms with Crippen molar-refractivity contribution < 1.29 is 19.1 Å². The second-order valence-electron chi connectivity index (χ2n) is 6.04. The summed E-state index contributed by atoms with van der Waals surface area (Å²) in [6.07, 6.45) is -0.363. The number of halogens is 1. The monoisotopic (exact) mass is 372 g/mol. The molecule has 0 aliphatic carbocycles. The molecule has 0 spiro atoms. The molecule has 0 fully saturated rings. The fourth-order valence-corrected chi connectivity index (χ4v) is 2.95. The van der Waals surface area contributed by atoms with Gasteiger partial charge in [-0.15, -0.1) is 0 Å². The van der Waals surface area contributed by atoms with E-state index in [1.165, 1.54) is 0 Å². The minimum Gasteiger partial charge on any atom is -0.488 e. The molecule has 2 aromatic carbocycles. The Morgan fingerprint density at radius 2 is 1.81 bits per heavy atom. The van der Waals surface area contributed by atoms with Crippen LogP contribution in [0.1, 0.15) is 22.3 Å². The first kappa shape index (κ1) is 18.0. The number of benzene rings is 2. The summed E-state index contributed by atoms with van der Waals surface area (Å²) in [7, 11) is 0. The van der Waals surface area contributed by atoms with Crippen molar-refractivity contribution in [1.82, 2.24) is 0 Å². The van der Waals surface area contributed by atoms with Gasteiger partial charge in [-0.05, 0) is 49.2 Å². The number of hydrogen-bond acceptors (Lipinski definition) is 4. The standard InChI is InChI=1S/C20H17ClO5/c1-11-15-7-8-17(25-10-13-3-5-14(21)6-4-13)12(2)19(15)26-20(24)16(11)9-18(22)23/h3-8H,9-10H2,1-2H3,(H,22,23). The molecule has 0 unspecified atom stereocenters. The third kappa shape index (κ3) is 3.58. The maximum absolute atomic E-state index is 12.2. The third-order valence-corrected chi connectivity index (χ3v) is 4.54. The Kier molecular flexibility index (Phi) is 5.00. The maximum Gasteiger partial charge on any atom is 0.340 e. The van der Waals surface area contributed by atoms with Crippen molar-refractivity contribution >= 4 is 28.5 Å². The molecule has 0 aliphatic heterocycles. The molecule has 134 valence electrons. The molecule has 0 bridgehead atoms. The highest BCUT2D eigenvalue weighted by molar-refractivity contribution is 6.30. The number of carbonyl (C=O) groups is 1. The van der Waals surface area contributed by atoms with Crippen LogP contribution in [0.3, 0.4) is 0 Å². The Morgan fingerprint density at radius 1 is 1.12 bits per heavy atom. The van der Waals surface area contributed by atoms with E-state index in [-0.39, 0.29) is 12.0 Å². The molecule has 1 heterocycles. The molecule has 26 heavy (non-hydrogen) atoms. The normalized spacial score (nSPS) is 10.9. The maximum atomic E-state index is 12.2. The van der Waals surface area contributed by atoms with Crippen LogP contribution in [0.4, 0.5) is 0 Å². The van der Waals surface area contributed by atoms with E-state index in [9.17, 15) is 9.59 Å². The summed E-state index contributed by atoms with van der Waals surface area (Å²) >= 11 is 5.87. The van der Waals surface area contributed by atoms with Crippen molar-refractivity contribution in [1.29, 1.82) is 0 Å². The number of aryl methyl sites for hydroxylation is 2. The fraction of sp³-hybridized carbons (Fsp3) is 0.200. The van der Waals surface area contributed by atoms with Gasteiger partial charge in [0.1, 0.15) is 17.9 Å². The van der Waals surface area contributed by atoms with Gasteiger partial charge in [-0.25, -0.2) is 4.79 Å². The zero-order valence-corrected chi connectivity index (χ0v) is 15.1. The van der Waals surface area contributed by atoms with Gasteiger partial charge in [-0.1, -0.05) is 23.7 Å². The molecule has 0 saturated heterocycles. The Hall–Kier alpha value is -2.79. The van der Waals surface area contributed by atoms with Crippen LogP contribution in [-0.4, -0.2) is 11.1 Å². The van der Waals surface area contributed by atoms with E-state index < -0.39 is 11.6 Å². The van der Waals surface area contributed by atoms with Gasteiger partial charge in [0, 0.05) is 16.0 Å². The summed E-state index contributed by atoms with van der Waals surface area (Å²) in [5, 5.41) is 10.3. The molecule has 0 atom stereocenters. The molecule has 0 aliphatic rings. The molecule has 1 N–H and O–H groups in total. The zero-order valence-electron chi connectivity index (χ0n) is 14.3. The average molecular weight is 373 g/mol. The highest BCUT2D eigenvalue weighted by Crippen LogP contribution is 2.30. The molecule has 1 aromatic heterocycles. The second-order valence-corrected chi connectivity index (χ2v) is 6.48. The zero-order chi connectivity index (χ0) is 18.8. The second kappa shape index (κ2) is 7.22. The van der Waals surface area contributed by atoms with Crippen LogP contribution in [0, 0.1) is 13.8 Å². The summed E-state index contributed by atoms with van der Waals surface area (Å²) in [6.45, 7) is 3.88. The van der Waals surface area contributed by atoms with Crippen LogP contribution in [0.2, 0.25) is 5.02 Å². The Morgan fingerprint density at radius 3 is 2.46 bits per heavy atom. The molecule has 0 amide bonds. The van der Waals surface area contributed by atoms with Crippen LogP contribution >= 0.6 is 11.6 Å². The Labute approximate surface area is 154 Å². The van der Waals surface area contributed by atoms with Gasteiger partial charge in [0.25, 0.3) is 0 Å². The van der Waals surface area contributed by atoms with Gasteiger partial charge in [0.15, 0.2) is 0 Å². The first-order valence-electron chi connectivity index (χ1n) is 8.01. The SMILES string of the molecule is Cc1c(CC(=O)O)c(=O)oc2c(C)c(OCc3ccc(Cl)cc3)ccc12. The number of aliphatic carboxylic acids is 1. The van der Waals surface area contributed by atoms with Crippen LogP contribution in [0.15, 0.2) is 45.6 Å². The molecule has 0 saturated carbocycles. The topological polar surface area (TPSA) is 76.7 Å². The molecule has 6 heteroatoms. The van der Waals surface area contributed by atoms with Crippen molar-refractivity contribution in [3.05, 3.63) is 74.1 Å². The average Bonchev–Trinajstić information content (AvgIpc) is 2.60. The predicted octanol–water partition coefficient (Wildman–Crippen LogP) is 4.27. The summed E-state index contributed by atoms with van der Waals surface area (Å²) < 4.78 is 11.2. The van der Waals surface area contributed by atoms with Gasteiger partial charge in [-0.2, -0.15) is 0 Å². The summed E-state index contributed by atoms with van der Waals surface area (Å²) in [4.78, 5) is 23.1.